The Balaban J connectivity index is 1.88. The summed E-state index contributed by atoms with van der Waals surface area (Å²) < 4.78 is 0. The summed E-state index contributed by atoms with van der Waals surface area (Å²) in [5.41, 5.74) is 6.59. The third-order valence-corrected chi connectivity index (χ3v) is 5.19. The molecule has 7 heteroatoms. The first kappa shape index (κ1) is 24.0. The fourth-order valence-electron chi connectivity index (χ4n) is 3.30. The van der Waals surface area contributed by atoms with Gasteiger partial charge in [-0.2, -0.15) is 0 Å². The fraction of sp³-hybridized carbons (Fsp3) is 0.231. The zero-order chi connectivity index (χ0) is 24.4. The second-order valence-corrected chi connectivity index (χ2v) is 8.99. The predicted octanol–water partition coefficient (Wildman–Crippen LogP) is 4.23. The summed E-state index contributed by atoms with van der Waals surface area (Å²) in [4.78, 5) is 26.1. The standard InChI is InChI=1S/C26H29N3O4/c1-25(2,32)16-7-5-9-19(13-16)28-23(30)21-12-11-18(27)15-22(21)24(31)29-20-10-6-8-17(14-20)26(3,4)33/h5-15,32-33H,27H2,1-4H3,(H,28,30)(H,29,31). The van der Waals surface area contributed by atoms with Gasteiger partial charge in [0.05, 0.1) is 22.3 Å². The number of nitrogens with two attached hydrogens (primary N) is 1. The lowest BCUT2D eigenvalue weighted by Crippen LogP contribution is -2.21. The molecule has 0 aromatic heterocycles. The SMILES string of the molecule is CC(C)(O)c1cccc(NC(=O)c2ccc(N)cc2C(=O)Nc2cccc(C(C)(C)O)c2)c1. The van der Waals surface area contributed by atoms with Gasteiger partial charge < -0.3 is 26.6 Å². The van der Waals surface area contributed by atoms with Crippen molar-refractivity contribution >= 4 is 28.9 Å². The van der Waals surface area contributed by atoms with Crippen LogP contribution in [0.3, 0.4) is 0 Å². The maximum absolute atomic E-state index is 13.0. The number of anilines is 3. The molecule has 0 bridgehead atoms. The summed E-state index contributed by atoms with van der Waals surface area (Å²) in [6.45, 7) is 6.62. The van der Waals surface area contributed by atoms with Gasteiger partial charge in [-0.15, -0.1) is 0 Å². The van der Waals surface area contributed by atoms with E-state index in [0.717, 1.165) is 0 Å². The Morgan fingerprint density at radius 1 is 0.697 bits per heavy atom. The van der Waals surface area contributed by atoms with Crippen LogP contribution in [0.5, 0.6) is 0 Å². The lowest BCUT2D eigenvalue weighted by molar-refractivity contribution is 0.0781. The quantitative estimate of drug-likeness (QED) is 0.362. The fourth-order valence-corrected chi connectivity index (χ4v) is 3.30. The third-order valence-electron chi connectivity index (χ3n) is 5.19. The van der Waals surface area contributed by atoms with Gasteiger partial charge in [0, 0.05) is 17.1 Å². The zero-order valence-electron chi connectivity index (χ0n) is 19.1. The maximum Gasteiger partial charge on any atom is 0.256 e. The predicted molar refractivity (Wildman–Crippen MR) is 130 cm³/mol. The Kier molecular flexibility index (Phi) is 6.58. The number of nitrogens with one attached hydrogen (secondary N) is 2. The van der Waals surface area contributed by atoms with Crippen LogP contribution in [0.25, 0.3) is 0 Å². The van der Waals surface area contributed by atoms with E-state index in [-0.39, 0.29) is 11.1 Å². The molecule has 0 aliphatic rings. The molecule has 3 rings (SSSR count). The summed E-state index contributed by atoms with van der Waals surface area (Å²) in [5, 5.41) is 26.0. The van der Waals surface area contributed by atoms with Crippen LogP contribution < -0.4 is 16.4 Å². The molecule has 0 radical (unpaired) electrons. The second-order valence-electron chi connectivity index (χ2n) is 8.99. The molecule has 6 N–H and O–H groups in total. The number of carbonyl (C=O) groups is 2. The van der Waals surface area contributed by atoms with Crippen LogP contribution in [0, 0.1) is 0 Å². The van der Waals surface area contributed by atoms with Gasteiger partial charge in [-0.3, -0.25) is 9.59 Å². The average Bonchev–Trinajstić information content (AvgIpc) is 2.72. The third kappa shape index (κ3) is 5.97. The van der Waals surface area contributed by atoms with Crippen molar-refractivity contribution in [3.8, 4) is 0 Å². The van der Waals surface area contributed by atoms with Gasteiger partial charge in [0.25, 0.3) is 11.8 Å². The van der Waals surface area contributed by atoms with Gasteiger partial charge in [-0.1, -0.05) is 24.3 Å². The van der Waals surface area contributed by atoms with Gasteiger partial charge in [-0.05, 0) is 81.3 Å². The normalized spacial score (nSPS) is 11.7. The summed E-state index contributed by atoms with van der Waals surface area (Å²) >= 11 is 0. The average molecular weight is 448 g/mol. The van der Waals surface area contributed by atoms with Crippen molar-refractivity contribution in [3.05, 3.63) is 89.0 Å². The van der Waals surface area contributed by atoms with E-state index in [9.17, 15) is 19.8 Å². The van der Waals surface area contributed by atoms with E-state index < -0.39 is 23.0 Å². The van der Waals surface area contributed by atoms with Crippen LogP contribution in [0.2, 0.25) is 0 Å². The van der Waals surface area contributed by atoms with Crippen LogP contribution >= 0.6 is 0 Å². The second kappa shape index (κ2) is 9.05. The van der Waals surface area contributed by atoms with Gasteiger partial charge in [-0.25, -0.2) is 0 Å². The van der Waals surface area contributed by atoms with Crippen molar-refractivity contribution in [2.45, 2.75) is 38.9 Å². The number of rotatable bonds is 6. The Bertz CT molecular complexity index is 1190. The van der Waals surface area contributed by atoms with E-state index in [1.807, 2.05) is 0 Å². The van der Waals surface area contributed by atoms with Crippen LogP contribution in [0.15, 0.2) is 66.7 Å². The molecule has 0 saturated heterocycles. The monoisotopic (exact) mass is 447 g/mol. The minimum Gasteiger partial charge on any atom is -0.399 e. The summed E-state index contributed by atoms with van der Waals surface area (Å²) in [7, 11) is 0. The minimum atomic E-state index is -1.07. The Hall–Kier alpha value is -3.68. The molecule has 0 atom stereocenters. The van der Waals surface area contributed by atoms with Crippen molar-refractivity contribution in [1.29, 1.82) is 0 Å². The first-order chi connectivity index (χ1) is 15.3. The van der Waals surface area contributed by atoms with Crippen molar-refractivity contribution < 1.29 is 19.8 Å². The van der Waals surface area contributed by atoms with E-state index in [4.69, 9.17) is 5.73 Å². The zero-order valence-corrected chi connectivity index (χ0v) is 19.1. The van der Waals surface area contributed by atoms with Gasteiger partial charge in [0.1, 0.15) is 0 Å². The van der Waals surface area contributed by atoms with Gasteiger partial charge >= 0.3 is 0 Å². The molecular weight excluding hydrogens is 418 g/mol. The van der Waals surface area contributed by atoms with Gasteiger partial charge in [0.15, 0.2) is 0 Å². The number of hydrogen-bond donors (Lipinski definition) is 5. The molecule has 0 aliphatic carbocycles. The molecule has 7 nitrogen and oxygen atoms in total. The highest BCUT2D eigenvalue weighted by molar-refractivity contribution is 6.15. The van der Waals surface area contributed by atoms with E-state index >= 15 is 0 Å². The summed E-state index contributed by atoms with van der Waals surface area (Å²) in [5.74, 6) is -0.996. The topological polar surface area (TPSA) is 125 Å². The largest absolute Gasteiger partial charge is 0.399 e. The smallest absolute Gasteiger partial charge is 0.256 e. The van der Waals surface area contributed by atoms with Gasteiger partial charge in [0.2, 0.25) is 0 Å². The number of hydrogen-bond acceptors (Lipinski definition) is 5. The molecule has 0 unspecified atom stereocenters. The van der Waals surface area contributed by atoms with Crippen molar-refractivity contribution in [2.24, 2.45) is 0 Å². The Morgan fingerprint density at radius 2 is 1.15 bits per heavy atom. The Labute approximate surface area is 193 Å². The number of carbonyl (C=O) groups excluding carboxylic acids is 2. The van der Waals surface area contributed by atoms with Crippen molar-refractivity contribution in [2.75, 3.05) is 16.4 Å². The molecule has 33 heavy (non-hydrogen) atoms. The number of amides is 2. The molecule has 0 heterocycles. The molecule has 0 fully saturated rings. The van der Waals surface area contributed by atoms with Crippen LogP contribution in [-0.2, 0) is 11.2 Å². The molecule has 2 amide bonds. The highest BCUT2D eigenvalue weighted by atomic mass is 16.3. The highest BCUT2D eigenvalue weighted by Gasteiger charge is 2.21. The van der Waals surface area contributed by atoms with Crippen LogP contribution in [0.4, 0.5) is 17.1 Å². The van der Waals surface area contributed by atoms with E-state index in [2.05, 4.69) is 10.6 Å². The van der Waals surface area contributed by atoms with Crippen LogP contribution in [-0.4, -0.2) is 22.0 Å². The number of benzene rings is 3. The van der Waals surface area contributed by atoms with E-state index in [0.29, 0.717) is 28.2 Å². The molecule has 3 aromatic rings. The minimum absolute atomic E-state index is 0.111. The highest BCUT2D eigenvalue weighted by Crippen LogP contribution is 2.25. The van der Waals surface area contributed by atoms with Crippen molar-refractivity contribution in [1.82, 2.24) is 0 Å². The first-order valence-corrected chi connectivity index (χ1v) is 10.5. The molecule has 0 saturated carbocycles. The van der Waals surface area contributed by atoms with E-state index in [1.54, 1.807) is 82.3 Å². The number of aliphatic hydroxyl groups is 2. The Morgan fingerprint density at radius 3 is 1.61 bits per heavy atom. The molecule has 0 spiro atoms. The lowest BCUT2D eigenvalue weighted by Gasteiger charge is -2.19. The lowest BCUT2D eigenvalue weighted by atomic mass is 9.97. The summed E-state index contributed by atoms with van der Waals surface area (Å²) in [6, 6.07) is 18.2. The van der Waals surface area contributed by atoms with Crippen LogP contribution in [0.1, 0.15) is 59.5 Å². The maximum atomic E-state index is 13.0. The molecule has 172 valence electrons. The number of nitrogen functional groups attached to an aromatic ring is 1. The molecule has 0 aliphatic heterocycles. The van der Waals surface area contributed by atoms with E-state index in [1.165, 1.54) is 12.1 Å². The summed E-state index contributed by atoms with van der Waals surface area (Å²) in [6.07, 6.45) is 0. The first-order valence-electron chi connectivity index (χ1n) is 10.5. The molecule has 3 aromatic carbocycles. The van der Waals surface area contributed by atoms with Crippen molar-refractivity contribution in [3.63, 3.8) is 0 Å². The molecular formula is C26H29N3O4.